The lowest BCUT2D eigenvalue weighted by atomic mass is 10.2. The van der Waals surface area contributed by atoms with Gasteiger partial charge in [0, 0.05) is 18.7 Å². The minimum atomic E-state index is -0.407. The summed E-state index contributed by atoms with van der Waals surface area (Å²) < 4.78 is 18.9. The van der Waals surface area contributed by atoms with E-state index in [-0.39, 0.29) is 5.75 Å². The van der Waals surface area contributed by atoms with Gasteiger partial charge in [-0.3, -0.25) is 0 Å². The van der Waals surface area contributed by atoms with Gasteiger partial charge < -0.3 is 15.8 Å². The van der Waals surface area contributed by atoms with Gasteiger partial charge >= 0.3 is 0 Å². The van der Waals surface area contributed by atoms with Gasteiger partial charge in [0.15, 0.2) is 11.6 Å². The maximum absolute atomic E-state index is 13.6. The van der Waals surface area contributed by atoms with Gasteiger partial charge in [-0.1, -0.05) is 6.92 Å². The van der Waals surface area contributed by atoms with Gasteiger partial charge in [-0.25, -0.2) is 4.39 Å². The molecule has 0 saturated heterocycles. The number of anilines is 2. The van der Waals surface area contributed by atoms with Crippen LogP contribution < -0.4 is 15.8 Å². The zero-order valence-electron chi connectivity index (χ0n) is 11.0. The number of nitrogen functional groups attached to an aromatic ring is 1. The second-order valence-corrected chi connectivity index (χ2v) is 4.98. The van der Waals surface area contributed by atoms with E-state index in [2.05, 4.69) is 11.6 Å². The Morgan fingerprint density at radius 1 is 1.44 bits per heavy atom. The van der Waals surface area contributed by atoms with E-state index >= 15 is 0 Å². The second kappa shape index (κ2) is 8.08. The molecular formula is C13H21FN2OS. The fourth-order valence-corrected chi connectivity index (χ4v) is 1.92. The Kier molecular flexibility index (Phi) is 6.72. The van der Waals surface area contributed by atoms with Crippen LogP contribution >= 0.6 is 11.8 Å². The average molecular weight is 272 g/mol. The van der Waals surface area contributed by atoms with Crippen molar-refractivity contribution >= 4 is 23.1 Å². The summed E-state index contributed by atoms with van der Waals surface area (Å²) in [5.41, 5.74) is 6.93. The maximum Gasteiger partial charge on any atom is 0.167 e. The van der Waals surface area contributed by atoms with Crippen LogP contribution in [-0.4, -0.2) is 25.2 Å². The molecule has 0 aliphatic carbocycles. The van der Waals surface area contributed by atoms with Crippen LogP contribution in [0.25, 0.3) is 0 Å². The van der Waals surface area contributed by atoms with Crippen molar-refractivity contribution in [3.63, 3.8) is 0 Å². The van der Waals surface area contributed by atoms with E-state index in [0.29, 0.717) is 12.3 Å². The van der Waals surface area contributed by atoms with Crippen molar-refractivity contribution in [3.8, 4) is 5.75 Å². The van der Waals surface area contributed by atoms with Crippen molar-refractivity contribution in [3.05, 3.63) is 17.9 Å². The third-order valence-corrected chi connectivity index (χ3v) is 3.10. The summed E-state index contributed by atoms with van der Waals surface area (Å²) >= 11 is 1.80. The van der Waals surface area contributed by atoms with Crippen molar-refractivity contribution in [1.82, 2.24) is 0 Å². The lowest BCUT2D eigenvalue weighted by molar-refractivity contribution is 0.301. The first kappa shape index (κ1) is 15.0. The predicted octanol–water partition coefficient (Wildman–Crippen LogP) is 3.36. The van der Waals surface area contributed by atoms with E-state index in [1.165, 1.54) is 6.07 Å². The van der Waals surface area contributed by atoms with Gasteiger partial charge in [0.05, 0.1) is 18.0 Å². The van der Waals surface area contributed by atoms with Crippen LogP contribution in [0.2, 0.25) is 0 Å². The molecule has 0 atom stereocenters. The van der Waals surface area contributed by atoms with Gasteiger partial charge in [-0.15, -0.1) is 0 Å². The first-order chi connectivity index (χ1) is 8.69. The molecule has 0 aliphatic rings. The third kappa shape index (κ3) is 4.64. The first-order valence-corrected chi connectivity index (χ1v) is 7.53. The van der Waals surface area contributed by atoms with E-state index in [9.17, 15) is 4.39 Å². The minimum Gasteiger partial charge on any atom is -0.490 e. The Morgan fingerprint density at radius 3 is 2.89 bits per heavy atom. The molecule has 0 unspecified atom stereocenters. The Balaban J connectivity index is 2.65. The summed E-state index contributed by atoms with van der Waals surface area (Å²) in [6.07, 6.45) is 3.96. The van der Waals surface area contributed by atoms with Gasteiger partial charge in [-0.2, -0.15) is 11.8 Å². The number of halogens is 1. The highest BCUT2D eigenvalue weighted by atomic mass is 32.2. The Morgan fingerprint density at radius 2 is 2.22 bits per heavy atom. The average Bonchev–Trinajstić information content (AvgIpc) is 2.35. The molecule has 3 nitrogen and oxygen atoms in total. The third-order valence-electron chi connectivity index (χ3n) is 2.41. The van der Waals surface area contributed by atoms with Crippen molar-refractivity contribution in [2.45, 2.75) is 19.8 Å². The number of nitrogens with two attached hydrogens (primary N) is 1. The van der Waals surface area contributed by atoms with Crippen molar-refractivity contribution in [2.24, 2.45) is 0 Å². The van der Waals surface area contributed by atoms with Crippen molar-refractivity contribution < 1.29 is 9.13 Å². The predicted molar refractivity (Wildman–Crippen MR) is 78.1 cm³/mol. The van der Waals surface area contributed by atoms with Gasteiger partial charge in [0.2, 0.25) is 0 Å². The molecule has 0 amide bonds. The lowest BCUT2D eigenvalue weighted by Gasteiger charge is -2.12. The lowest BCUT2D eigenvalue weighted by Crippen LogP contribution is -2.07. The molecule has 0 bridgehead atoms. The molecule has 0 fully saturated rings. The number of ether oxygens (including phenoxy) is 1. The summed E-state index contributed by atoms with van der Waals surface area (Å²) in [4.78, 5) is 0. The van der Waals surface area contributed by atoms with E-state index < -0.39 is 5.82 Å². The number of thioether (sulfide) groups is 1. The van der Waals surface area contributed by atoms with Gasteiger partial charge in [0.25, 0.3) is 0 Å². The smallest absolute Gasteiger partial charge is 0.167 e. The Labute approximate surface area is 112 Å². The monoisotopic (exact) mass is 272 g/mol. The minimum absolute atomic E-state index is 0.262. The van der Waals surface area contributed by atoms with E-state index in [1.54, 1.807) is 17.8 Å². The van der Waals surface area contributed by atoms with Crippen LogP contribution in [0.1, 0.15) is 19.8 Å². The fourth-order valence-electron chi connectivity index (χ4n) is 1.48. The van der Waals surface area contributed by atoms with Crippen molar-refractivity contribution in [1.29, 1.82) is 0 Å². The second-order valence-electron chi connectivity index (χ2n) is 3.99. The van der Waals surface area contributed by atoms with Gasteiger partial charge in [0.1, 0.15) is 0 Å². The molecule has 18 heavy (non-hydrogen) atoms. The standard InChI is InChI=1S/C13H21FN2OS/c1-3-6-17-13-9-12(11(15)8-10(13)14)16-5-4-7-18-2/h8-9,16H,3-7,15H2,1-2H3. The highest BCUT2D eigenvalue weighted by molar-refractivity contribution is 7.98. The van der Waals surface area contributed by atoms with Crippen LogP contribution in [0.3, 0.4) is 0 Å². The molecule has 0 aromatic heterocycles. The number of rotatable bonds is 8. The molecular weight excluding hydrogens is 251 g/mol. The SMILES string of the molecule is CCCOc1cc(NCCCSC)c(N)cc1F. The number of hydrogen-bond acceptors (Lipinski definition) is 4. The normalized spacial score (nSPS) is 10.4. The summed E-state index contributed by atoms with van der Waals surface area (Å²) in [6.45, 7) is 3.31. The van der Waals surface area contributed by atoms with Crippen LogP contribution in [0.5, 0.6) is 5.75 Å². The molecule has 3 N–H and O–H groups in total. The Hall–Kier alpha value is -1.10. The van der Waals surface area contributed by atoms with Crippen LogP contribution in [0, 0.1) is 5.82 Å². The largest absolute Gasteiger partial charge is 0.490 e. The molecule has 102 valence electrons. The fraction of sp³-hybridized carbons (Fsp3) is 0.538. The van der Waals surface area contributed by atoms with E-state index in [0.717, 1.165) is 30.8 Å². The summed E-state index contributed by atoms with van der Waals surface area (Å²) in [7, 11) is 0. The van der Waals surface area contributed by atoms with E-state index in [1.807, 2.05) is 6.92 Å². The molecule has 0 aliphatic heterocycles. The molecule has 0 saturated carbocycles. The molecule has 0 radical (unpaired) electrons. The molecule has 1 aromatic rings. The summed E-state index contributed by atoms with van der Waals surface area (Å²) in [6, 6.07) is 2.95. The quantitative estimate of drug-likeness (QED) is 0.563. The molecule has 0 spiro atoms. The number of nitrogens with one attached hydrogen (secondary N) is 1. The topological polar surface area (TPSA) is 47.3 Å². The van der Waals surface area contributed by atoms with E-state index in [4.69, 9.17) is 10.5 Å². The van der Waals surface area contributed by atoms with Crippen LogP contribution in [-0.2, 0) is 0 Å². The molecule has 1 aromatic carbocycles. The molecule has 1 rings (SSSR count). The zero-order valence-corrected chi connectivity index (χ0v) is 11.8. The van der Waals surface area contributed by atoms with Crippen molar-refractivity contribution in [2.75, 3.05) is 36.2 Å². The first-order valence-electron chi connectivity index (χ1n) is 6.13. The number of benzene rings is 1. The highest BCUT2D eigenvalue weighted by Crippen LogP contribution is 2.28. The summed E-state index contributed by atoms with van der Waals surface area (Å²) in [5.74, 6) is 0.946. The summed E-state index contributed by atoms with van der Waals surface area (Å²) in [5, 5.41) is 3.21. The maximum atomic E-state index is 13.6. The van der Waals surface area contributed by atoms with Gasteiger partial charge in [-0.05, 0) is 24.9 Å². The number of hydrogen-bond donors (Lipinski definition) is 2. The highest BCUT2D eigenvalue weighted by Gasteiger charge is 2.08. The zero-order chi connectivity index (χ0) is 13.4. The van der Waals surface area contributed by atoms with Crippen LogP contribution in [0.4, 0.5) is 15.8 Å². The van der Waals surface area contributed by atoms with Crippen LogP contribution in [0.15, 0.2) is 12.1 Å². The Bertz CT molecular complexity index is 374. The molecule has 5 heteroatoms. The molecule has 0 heterocycles.